The summed E-state index contributed by atoms with van der Waals surface area (Å²) in [5, 5.41) is 1.97. The van der Waals surface area contributed by atoms with Gasteiger partial charge in [-0.3, -0.25) is 0 Å². The number of aromatic nitrogens is 3. The van der Waals surface area contributed by atoms with E-state index in [1.807, 2.05) is 23.6 Å². The maximum atomic E-state index is 5.16. The first-order valence-corrected chi connectivity index (χ1v) is 5.73. The standard InChI is InChI=1S/C11H9N3OS.ClH/c1-15-7-2-3-8-9(4-7)14-11(13-8)10-5-16-6-12-10;/h2-6H,1H3,(H,13,14);1H/i10+1,11+1,14+1;. The number of imidazole rings is 1. The van der Waals surface area contributed by atoms with Crippen LogP contribution in [0.15, 0.2) is 29.1 Å². The van der Waals surface area contributed by atoms with Crippen LogP contribution < -0.4 is 4.74 Å². The number of rotatable bonds is 2. The van der Waals surface area contributed by atoms with Crippen LogP contribution in [0.4, 0.5) is 0 Å². The lowest BCUT2D eigenvalue weighted by Gasteiger charge is -1.96. The summed E-state index contributed by atoms with van der Waals surface area (Å²) in [6, 6.07) is 5.76. The van der Waals surface area contributed by atoms with E-state index in [1.165, 1.54) is 0 Å². The molecule has 0 aliphatic heterocycles. The maximum absolute atomic E-state index is 5.16. The molecule has 0 saturated carbocycles. The first-order chi connectivity index (χ1) is 7.86. The molecule has 4 nitrogen and oxygen atoms in total. The fraction of sp³-hybridized carbons (Fsp3) is 0.0909. The van der Waals surface area contributed by atoms with Gasteiger partial charge in [-0.05, 0) is 12.1 Å². The average Bonchev–Trinajstić information content (AvgIpc) is 2.96. The third-order valence-electron chi connectivity index (χ3n) is 2.36. The Balaban J connectivity index is 0.00000108. The van der Waals surface area contributed by atoms with Gasteiger partial charge < -0.3 is 9.72 Å². The molecule has 1 N–H and O–H groups in total. The molecular weight excluding hydrogens is 261 g/mol. The average molecular weight is 271 g/mol. The zero-order valence-corrected chi connectivity index (χ0v) is 10.6. The Morgan fingerprint density at radius 1 is 1.35 bits per heavy atom. The van der Waals surface area contributed by atoms with Gasteiger partial charge in [-0.25, -0.2) is 9.97 Å². The highest BCUT2D eigenvalue weighted by molar-refractivity contribution is 7.07. The number of benzene rings is 1. The molecule has 1 aromatic carbocycles. The second-order valence-corrected chi connectivity index (χ2v) is 4.06. The molecular formula is C11H10ClN3OS. The van der Waals surface area contributed by atoms with E-state index in [1.54, 1.807) is 24.0 Å². The molecule has 2 aromatic heterocycles. The number of nitrogens with one attached hydrogen (secondary N) is 1. The highest BCUT2D eigenvalue weighted by Gasteiger charge is 2.07. The molecule has 0 radical (unpaired) electrons. The molecule has 6 heteroatoms. The fourth-order valence-electron chi connectivity index (χ4n) is 1.57. The molecule has 0 amide bonds. The van der Waals surface area contributed by atoms with Crippen molar-refractivity contribution in [2.75, 3.05) is 7.11 Å². The molecule has 17 heavy (non-hydrogen) atoms. The summed E-state index contributed by atoms with van der Waals surface area (Å²) in [6.07, 6.45) is 0. The van der Waals surface area contributed by atoms with Crippen LogP contribution >= 0.6 is 23.7 Å². The number of hydrogen-bond acceptors (Lipinski definition) is 4. The molecule has 0 atom stereocenters. The van der Waals surface area contributed by atoms with Crippen molar-refractivity contribution in [2.24, 2.45) is 0 Å². The summed E-state index contributed by atoms with van der Waals surface area (Å²) in [4.78, 5) is 11.9. The number of hydrogen-bond donors (Lipinski definition) is 1. The highest BCUT2D eigenvalue weighted by Crippen LogP contribution is 2.23. The highest BCUT2D eigenvalue weighted by atomic mass is 35.5. The van der Waals surface area contributed by atoms with Crippen LogP contribution in [0.2, 0.25) is 0 Å². The van der Waals surface area contributed by atoms with Crippen molar-refractivity contribution in [1.82, 2.24) is 15.0 Å². The molecule has 0 bridgehead atoms. The minimum absolute atomic E-state index is 0. The van der Waals surface area contributed by atoms with Crippen molar-refractivity contribution >= 4 is 34.8 Å². The molecule has 88 valence electrons. The van der Waals surface area contributed by atoms with E-state index in [0.29, 0.717) is 0 Å². The second-order valence-electron chi connectivity index (χ2n) is 3.34. The van der Waals surface area contributed by atoms with Crippen molar-refractivity contribution in [1.29, 1.82) is 0 Å². The monoisotopic (exact) mass is 270 g/mol. The molecule has 0 saturated heterocycles. The van der Waals surface area contributed by atoms with Crippen LogP contribution in [0.3, 0.4) is 0 Å². The topological polar surface area (TPSA) is 50.8 Å². The number of halogens is 1. The lowest BCUT2D eigenvalue weighted by atomic mass is 10.3. The van der Waals surface area contributed by atoms with Gasteiger partial charge in [-0.15, -0.1) is 23.7 Å². The van der Waals surface area contributed by atoms with Crippen LogP contribution in [0.5, 0.6) is 5.75 Å². The van der Waals surface area contributed by atoms with Crippen LogP contribution in [0.1, 0.15) is 0 Å². The maximum Gasteiger partial charge on any atom is 0.158 e. The van der Waals surface area contributed by atoms with Crippen molar-refractivity contribution in [2.45, 2.75) is 0 Å². The molecule has 2 heterocycles. The Hall–Kier alpha value is -1.59. The lowest BCUT2D eigenvalue weighted by molar-refractivity contribution is 0.415. The third kappa shape index (κ3) is 2.11. The van der Waals surface area contributed by atoms with Crippen molar-refractivity contribution < 1.29 is 4.74 Å². The zero-order chi connectivity index (χ0) is 11.0. The van der Waals surface area contributed by atoms with Crippen molar-refractivity contribution in [3.05, 3.63) is 29.1 Å². The SMILES string of the molecule is COc1ccc2n[13c](-[13c]3cscn3)[15nH]c2c1.Cl. The van der Waals surface area contributed by atoms with E-state index in [9.17, 15) is 0 Å². The Bertz CT molecular complexity index is 621. The van der Waals surface area contributed by atoms with Gasteiger partial charge in [0.1, 0.15) is 11.4 Å². The largest absolute Gasteiger partial charge is 0.497 e. The smallest absolute Gasteiger partial charge is 0.158 e. The molecule has 0 fully saturated rings. The third-order valence-corrected chi connectivity index (χ3v) is 2.95. The predicted octanol–water partition coefficient (Wildman–Crippen LogP) is 3.12. The van der Waals surface area contributed by atoms with Crippen LogP contribution in [0, 0.1) is 0 Å². The minimum atomic E-state index is 0. The van der Waals surface area contributed by atoms with Gasteiger partial charge in [0.25, 0.3) is 0 Å². The molecule has 0 aliphatic carbocycles. The Labute approximate surface area is 108 Å². The van der Waals surface area contributed by atoms with E-state index in [2.05, 4.69) is 15.0 Å². The second kappa shape index (κ2) is 4.73. The molecule has 0 unspecified atom stereocenters. The van der Waals surface area contributed by atoms with Gasteiger partial charge >= 0.3 is 0 Å². The number of methoxy groups -OCH3 is 1. The van der Waals surface area contributed by atoms with E-state index >= 15 is 0 Å². The van der Waals surface area contributed by atoms with Crippen LogP contribution in [0.25, 0.3) is 22.6 Å². The van der Waals surface area contributed by atoms with Gasteiger partial charge in [-0.1, -0.05) is 0 Å². The number of aromatic amines is 1. The van der Waals surface area contributed by atoms with Gasteiger partial charge in [-0.2, -0.15) is 0 Å². The Morgan fingerprint density at radius 3 is 2.94 bits per heavy atom. The van der Waals surface area contributed by atoms with Crippen LogP contribution in [-0.4, -0.2) is 22.1 Å². The summed E-state index contributed by atoms with van der Waals surface area (Å²) in [6.45, 7) is 0. The van der Waals surface area contributed by atoms with Crippen molar-refractivity contribution in [3.63, 3.8) is 0 Å². The number of thiazole rings is 1. The summed E-state index contributed by atoms with van der Waals surface area (Å²) in [5.41, 5.74) is 4.55. The van der Waals surface area contributed by atoms with Crippen molar-refractivity contribution in [3.8, 4) is 17.3 Å². The van der Waals surface area contributed by atoms with E-state index in [4.69, 9.17) is 4.74 Å². The van der Waals surface area contributed by atoms with Crippen LogP contribution in [-0.2, 0) is 0 Å². The minimum Gasteiger partial charge on any atom is -0.497 e. The summed E-state index contributed by atoms with van der Waals surface area (Å²) < 4.78 is 5.16. The number of H-pyrrole nitrogens is 1. The van der Waals surface area contributed by atoms with Gasteiger partial charge in [0.2, 0.25) is 0 Å². The Kier molecular flexibility index (Phi) is 3.31. The van der Waals surface area contributed by atoms with Gasteiger partial charge in [0, 0.05) is 11.4 Å². The quantitative estimate of drug-likeness (QED) is 0.778. The number of fused-ring (bicyclic) bond motifs is 1. The first kappa shape index (κ1) is 11.9. The van der Waals surface area contributed by atoms with Gasteiger partial charge in [0.15, 0.2) is 5.82 Å². The van der Waals surface area contributed by atoms with E-state index in [0.717, 1.165) is 28.3 Å². The van der Waals surface area contributed by atoms with E-state index < -0.39 is 0 Å². The summed E-state index contributed by atoms with van der Waals surface area (Å²) in [5.74, 6) is 1.62. The molecule has 0 spiro atoms. The Morgan fingerprint density at radius 2 is 2.24 bits per heavy atom. The first-order valence-electron chi connectivity index (χ1n) is 4.79. The normalized spacial score (nSPS) is 10.2. The molecule has 3 rings (SSSR count). The zero-order valence-electron chi connectivity index (χ0n) is 9.01. The molecule has 3 aromatic rings. The number of ether oxygens (including phenoxy) is 1. The summed E-state index contributed by atoms with van der Waals surface area (Å²) >= 11 is 1.56. The van der Waals surface area contributed by atoms with E-state index in [-0.39, 0.29) is 12.4 Å². The number of nitrogens with zero attached hydrogens (tertiary/aromatic N) is 2. The predicted molar refractivity (Wildman–Crippen MR) is 71.0 cm³/mol. The van der Waals surface area contributed by atoms with Gasteiger partial charge in [0.05, 0.1) is 23.7 Å². The lowest BCUT2D eigenvalue weighted by Crippen LogP contribution is -1.81. The fourth-order valence-corrected chi connectivity index (χ4v) is 2.10. The summed E-state index contributed by atoms with van der Waals surface area (Å²) in [7, 11) is 1.65. The molecule has 0 aliphatic rings.